The lowest BCUT2D eigenvalue weighted by molar-refractivity contribution is -0.0911. The SMILES string of the molecule is C[CH]C1(Cc2ccccc2)COC1. The molecular weight excluding hydrogens is 160 g/mol. The first-order chi connectivity index (χ1) is 6.35. The van der Waals surface area contributed by atoms with Crippen LogP contribution in [0.25, 0.3) is 0 Å². The van der Waals surface area contributed by atoms with Crippen LogP contribution in [0.15, 0.2) is 30.3 Å². The zero-order valence-corrected chi connectivity index (χ0v) is 7.99. The minimum atomic E-state index is 0.321. The summed E-state index contributed by atoms with van der Waals surface area (Å²) < 4.78 is 5.27. The van der Waals surface area contributed by atoms with Crippen LogP contribution in [0.4, 0.5) is 0 Å². The van der Waals surface area contributed by atoms with Crippen molar-refractivity contribution in [2.75, 3.05) is 13.2 Å². The number of ether oxygens (including phenoxy) is 1. The van der Waals surface area contributed by atoms with Crippen LogP contribution in [-0.4, -0.2) is 13.2 Å². The number of hydrogen-bond donors (Lipinski definition) is 0. The summed E-state index contributed by atoms with van der Waals surface area (Å²) in [5.41, 5.74) is 1.73. The van der Waals surface area contributed by atoms with Crippen molar-refractivity contribution < 1.29 is 4.74 Å². The second kappa shape index (κ2) is 3.51. The van der Waals surface area contributed by atoms with Gasteiger partial charge in [0.2, 0.25) is 0 Å². The highest BCUT2D eigenvalue weighted by atomic mass is 16.5. The molecule has 13 heavy (non-hydrogen) atoms. The topological polar surface area (TPSA) is 9.23 Å². The summed E-state index contributed by atoms with van der Waals surface area (Å²) in [7, 11) is 0. The molecule has 2 rings (SSSR count). The summed E-state index contributed by atoms with van der Waals surface area (Å²) in [4.78, 5) is 0. The Kier molecular flexibility index (Phi) is 2.36. The van der Waals surface area contributed by atoms with Crippen molar-refractivity contribution in [1.82, 2.24) is 0 Å². The lowest BCUT2D eigenvalue weighted by Crippen LogP contribution is -2.44. The Morgan fingerprint density at radius 1 is 1.31 bits per heavy atom. The van der Waals surface area contributed by atoms with Crippen LogP contribution < -0.4 is 0 Å². The van der Waals surface area contributed by atoms with Gasteiger partial charge in [0.25, 0.3) is 0 Å². The molecule has 0 unspecified atom stereocenters. The van der Waals surface area contributed by atoms with Crippen molar-refractivity contribution in [2.45, 2.75) is 13.3 Å². The van der Waals surface area contributed by atoms with Crippen molar-refractivity contribution in [3.05, 3.63) is 42.3 Å². The Morgan fingerprint density at radius 3 is 2.46 bits per heavy atom. The molecular formula is C12H15O. The van der Waals surface area contributed by atoms with Crippen molar-refractivity contribution >= 4 is 0 Å². The molecule has 0 amide bonds. The van der Waals surface area contributed by atoms with Crippen molar-refractivity contribution in [3.8, 4) is 0 Å². The maximum atomic E-state index is 5.27. The van der Waals surface area contributed by atoms with E-state index in [0.717, 1.165) is 19.6 Å². The molecule has 1 nitrogen and oxygen atoms in total. The standard InChI is InChI=1S/C12H15O/c1-2-12(9-13-10-12)8-11-6-4-3-5-7-11/h2-7H,8-10H2,1H3. The Labute approximate surface area is 79.7 Å². The van der Waals surface area contributed by atoms with Crippen molar-refractivity contribution in [1.29, 1.82) is 0 Å². The normalized spacial score (nSPS) is 19.5. The summed E-state index contributed by atoms with van der Waals surface area (Å²) >= 11 is 0. The van der Waals surface area contributed by atoms with Crippen molar-refractivity contribution in [2.24, 2.45) is 5.41 Å². The highest BCUT2D eigenvalue weighted by molar-refractivity contribution is 5.18. The van der Waals surface area contributed by atoms with E-state index in [1.54, 1.807) is 0 Å². The van der Waals surface area contributed by atoms with E-state index in [-0.39, 0.29) is 0 Å². The second-order valence-electron chi connectivity index (χ2n) is 3.81. The first-order valence-corrected chi connectivity index (χ1v) is 4.77. The van der Waals surface area contributed by atoms with Gasteiger partial charge in [0.05, 0.1) is 13.2 Å². The predicted octanol–water partition coefficient (Wildman–Crippen LogP) is 2.47. The summed E-state index contributed by atoms with van der Waals surface area (Å²) in [5, 5.41) is 0. The molecule has 1 heterocycles. The third kappa shape index (κ3) is 1.75. The molecule has 1 saturated heterocycles. The van der Waals surface area contributed by atoms with Gasteiger partial charge in [-0.1, -0.05) is 37.3 Å². The summed E-state index contributed by atoms with van der Waals surface area (Å²) in [6, 6.07) is 10.6. The maximum absolute atomic E-state index is 5.27. The fourth-order valence-corrected chi connectivity index (χ4v) is 1.74. The van der Waals surface area contributed by atoms with Gasteiger partial charge >= 0.3 is 0 Å². The average Bonchev–Trinajstić information content (AvgIpc) is 2.13. The van der Waals surface area contributed by atoms with Crippen LogP contribution in [0, 0.1) is 11.8 Å². The Hall–Kier alpha value is -0.820. The molecule has 0 aromatic heterocycles. The molecule has 1 radical (unpaired) electrons. The Balaban J connectivity index is 2.05. The van der Waals surface area contributed by atoms with Gasteiger partial charge in [-0.3, -0.25) is 0 Å². The van der Waals surface area contributed by atoms with E-state index >= 15 is 0 Å². The second-order valence-corrected chi connectivity index (χ2v) is 3.81. The van der Waals surface area contributed by atoms with Crippen LogP contribution in [0.2, 0.25) is 0 Å². The zero-order valence-electron chi connectivity index (χ0n) is 7.99. The van der Waals surface area contributed by atoms with Gasteiger partial charge in [0.1, 0.15) is 0 Å². The van der Waals surface area contributed by atoms with E-state index in [4.69, 9.17) is 4.74 Å². The number of hydrogen-bond acceptors (Lipinski definition) is 1. The minimum absolute atomic E-state index is 0.321. The average molecular weight is 175 g/mol. The third-order valence-electron chi connectivity index (χ3n) is 2.79. The van der Waals surface area contributed by atoms with Gasteiger partial charge in [0, 0.05) is 5.41 Å². The van der Waals surface area contributed by atoms with Gasteiger partial charge in [-0.25, -0.2) is 0 Å². The Morgan fingerprint density at radius 2 is 2.00 bits per heavy atom. The fraction of sp³-hybridized carbons (Fsp3) is 0.417. The monoisotopic (exact) mass is 175 g/mol. The summed E-state index contributed by atoms with van der Waals surface area (Å²) in [6.07, 6.45) is 3.40. The molecule has 1 aromatic rings. The first-order valence-electron chi connectivity index (χ1n) is 4.77. The largest absolute Gasteiger partial charge is 0.380 e. The van der Waals surface area contributed by atoms with Gasteiger partial charge in [0.15, 0.2) is 0 Å². The third-order valence-corrected chi connectivity index (χ3v) is 2.79. The van der Waals surface area contributed by atoms with E-state index in [2.05, 4.69) is 43.7 Å². The minimum Gasteiger partial charge on any atom is -0.380 e. The molecule has 1 aliphatic heterocycles. The van der Waals surface area contributed by atoms with Gasteiger partial charge in [-0.2, -0.15) is 0 Å². The summed E-state index contributed by atoms with van der Waals surface area (Å²) in [6.45, 7) is 3.91. The highest BCUT2D eigenvalue weighted by Crippen LogP contribution is 2.34. The quantitative estimate of drug-likeness (QED) is 0.685. The molecule has 69 valence electrons. The lowest BCUT2D eigenvalue weighted by Gasteiger charge is -2.40. The molecule has 0 N–H and O–H groups in total. The lowest BCUT2D eigenvalue weighted by atomic mass is 9.78. The van der Waals surface area contributed by atoms with Gasteiger partial charge in [-0.15, -0.1) is 0 Å². The molecule has 0 saturated carbocycles. The van der Waals surface area contributed by atoms with Crippen LogP contribution in [0.5, 0.6) is 0 Å². The van der Waals surface area contributed by atoms with Crippen LogP contribution in [-0.2, 0) is 11.2 Å². The summed E-state index contributed by atoms with van der Waals surface area (Å²) in [5.74, 6) is 0. The van der Waals surface area contributed by atoms with E-state index in [1.165, 1.54) is 5.56 Å². The van der Waals surface area contributed by atoms with Crippen LogP contribution in [0.3, 0.4) is 0 Å². The predicted molar refractivity (Wildman–Crippen MR) is 53.4 cm³/mol. The maximum Gasteiger partial charge on any atom is 0.0550 e. The van der Waals surface area contributed by atoms with E-state index in [1.807, 2.05) is 0 Å². The molecule has 1 aromatic carbocycles. The van der Waals surface area contributed by atoms with E-state index in [0.29, 0.717) is 5.41 Å². The van der Waals surface area contributed by atoms with E-state index < -0.39 is 0 Å². The highest BCUT2D eigenvalue weighted by Gasteiger charge is 2.36. The van der Waals surface area contributed by atoms with Crippen LogP contribution in [0.1, 0.15) is 12.5 Å². The number of rotatable bonds is 3. The number of benzene rings is 1. The fourth-order valence-electron chi connectivity index (χ4n) is 1.74. The molecule has 1 heteroatoms. The molecule has 0 bridgehead atoms. The Bertz CT molecular complexity index is 256. The van der Waals surface area contributed by atoms with Crippen LogP contribution >= 0.6 is 0 Å². The van der Waals surface area contributed by atoms with Gasteiger partial charge in [-0.05, 0) is 18.4 Å². The smallest absolute Gasteiger partial charge is 0.0550 e. The van der Waals surface area contributed by atoms with Gasteiger partial charge < -0.3 is 4.74 Å². The first kappa shape index (κ1) is 8.76. The van der Waals surface area contributed by atoms with Crippen molar-refractivity contribution in [3.63, 3.8) is 0 Å². The van der Waals surface area contributed by atoms with E-state index in [9.17, 15) is 0 Å². The molecule has 0 spiro atoms. The zero-order chi connectivity index (χ0) is 9.15. The molecule has 1 fully saturated rings. The molecule has 1 aliphatic rings. The molecule has 0 atom stereocenters. The molecule has 0 aliphatic carbocycles.